The summed E-state index contributed by atoms with van der Waals surface area (Å²) in [6.07, 6.45) is 1.82. The Morgan fingerprint density at radius 3 is 2.65 bits per heavy atom. The van der Waals surface area contributed by atoms with E-state index < -0.39 is 0 Å². The van der Waals surface area contributed by atoms with Crippen molar-refractivity contribution in [1.82, 2.24) is 9.38 Å². The molecular weight excluding hydrogens is 336 g/mol. The van der Waals surface area contributed by atoms with E-state index in [-0.39, 0.29) is 0 Å². The number of aryl methyl sites for hydroxylation is 2. The van der Waals surface area contributed by atoms with Gasteiger partial charge in [0.25, 0.3) is 0 Å². The van der Waals surface area contributed by atoms with E-state index in [2.05, 4.69) is 40.0 Å². The predicted molar refractivity (Wildman–Crippen MR) is 85.7 cm³/mol. The number of halogens is 1. The molecule has 0 fully saturated rings. The van der Waals surface area contributed by atoms with Crippen LogP contribution in [-0.4, -0.2) is 15.7 Å². The minimum atomic E-state index is 0.647. The van der Waals surface area contributed by atoms with Gasteiger partial charge in [0.1, 0.15) is 5.69 Å². The minimum Gasteiger partial charge on any atom is -0.296 e. The van der Waals surface area contributed by atoms with Crippen molar-refractivity contribution in [2.45, 2.75) is 20.3 Å². The third-order valence-corrected chi connectivity index (χ3v) is 5.03. The number of benzene rings is 1. The summed E-state index contributed by atoms with van der Waals surface area (Å²) in [6, 6.07) is 8.16. The average molecular weight is 349 g/mol. The van der Waals surface area contributed by atoms with Gasteiger partial charge in [-0.1, -0.05) is 35.0 Å². The number of hydrogen-bond donors (Lipinski definition) is 0. The Balaban J connectivity index is 2.36. The molecule has 2 aromatic heterocycles. The molecule has 20 heavy (non-hydrogen) atoms. The second-order valence-electron chi connectivity index (χ2n) is 4.55. The first-order valence-electron chi connectivity index (χ1n) is 6.37. The SMILES string of the molecule is CCc1sc2nc(C)c(C=O)n2c1-c1ccc(Br)cc1. The lowest BCUT2D eigenvalue weighted by Crippen LogP contribution is -1.95. The van der Waals surface area contributed by atoms with Gasteiger partial charge >= 0.3 is 0 Å². The molecule has 2 heterocycles. The van der Waals surface area contributed by atoms with E-state index in [0.29, 0.717) is 5.69 Å². The fraction of sp³-hybridized carbons (Fsp3) is 0.200. The highest BCUT2D eigenvalue weighted by atomic mass is 79.9. The Kier molecular flexibility index (Phi) is 3.48. The summed E-state index contributed by atoms with van der Waals surface area (Å²) in [7, 11) is 0. The summed E-state index contributed by atoms with van der Waals surface area (Å²) >= 11 is 5.11. The van der Waals surface area contributed by atoms with Gasteiger partial charge in [-0.05, 0) is 31.0 Å². The van der Waals surface area contributed by atoms with Crippen LogP contribution in [0.15, 0.2) is 28.7 Å². The zero-order valence-electron chi connectivity index (χ0n) is 11.2. The first kappa shape index (κ1) is 13.5. The van der Waals surface area contributed by atoms with Gasteiger partial charge in [-0.3, -0.25) is 9.20 Å². The Morgan fingerprint density at radius 1 is 1.35 bits per heavy atom. The number of aldehydes is 1. The molecule has 0 saturated heterocycles. The van der Waals surface area contributed by atoms with Gasteiger partial charge in [0.2, 0.25) is 0 Å². The molecule has 0 unspecified atom stereocenters. The van der Waals surface area contributed by atoms with Gasteiger partial charge in [-0.2, -0.15) is 0 Å². The van der Waals surface area contributed by atoms with Crippen LogP contribution in [0.5, 0.6) is 0 Å². The van der Waals surface area contributed by atoms with E-state index in [1.54, 1.807) is 11.3 Å². The molecule has 0 aliphatic rings. The van der Waals surface area contributed by atoms with Crippen LogP contribution in [0.3, 0.4) is 0 Å². The van der Waals surface area contributed by atoms with Crippen molar-refractivity contribution in [3.63, 3.8) is 0 Å². The van der Waals surface area contributed by atoms with Crippen LogP contribution in [0.25, 0.3) is 16.2 Å². The Labute approximate surface area is 129 Å². The number of thiazole rings is 1. The van der Waals surface area contributed by atoms with E-state index in [0.717, 1.165) is 39.1 Å². The van der Waals surface area contributed by atoms with Gasteiger partial charge in [-0.25, -0.2) is 4.98 Å². The quantitative estimate of drug-likeness (QED) is 0.652. The van der Waals surface area contributed by atoms with Crippen LogP contribution < -0.4 is 0 Å². The summed E-state index contributed by atoms with van der Waals surface area (Å²) < 4.78 is 3.03. The highest BCUT2D eigenvalue weighted by Crippen LogP contribution is 2.34. The molecule has 0 N–H and O–H groups in total. The van der Waals surface area contributed by atoms with Crippen molar-refractivity contribution in [1.29, 1.82) is 0 Å². The fourth-order valence-corrected chi connectivity index (χ4v) is 3.76. The van der Waals surface area contributed by atoms with Gasteiger partial charge < -0.3 is 0 Å². The number of rotatable bonds is 3. The molecule has 5 heteroatoms. The molecule has 0 radical (unpaired) electrons. The van der Waals surface area contributed by atoms with Crippen molar-refractivity contribution in [3.8, 4) is 11.3 Å². The molecule has 102 valence electrons. The van der Waals surface area contributed by atoms with E-state index >= 15 is 0 Å². The monoisotopic (exact) mass is 348 g/mol. The molecule has 0 spiro atoms. The molecule has 3 aromatic rings. The molecule has 0 atom stereocenters. The van der Waals surface area contributed by atoms with Crippen molar-refractivity contribution < 1.29 is 4.79 Å². The topological polar surface area (TPSA) is 34.4 Å². The van der Waals surface area contributed by atoms with Gasteiger partial charge in [0, 0.05) is 9.35 Å². The molecule has 0 aliphatic carbocycles. The van der Waals surface area contributed by atoms with Crippen LogP contribution in [0.2, 0.25) is 0 Å². The number of carbonyl (C=O) groups excluding carboxylic acids is 1. The van der Waals surface area contributed by atoms with E-state index in [9.17, 15) is 4.79 Å². The first-order valence-corrected chi connectivity index (χ1v) is 7.98. The van der Waals surface area contributed by atoms with Gasteiger partial charge in [0.15, 0.2) is 11.2 Å². The summed E-state index contributed by atoms with van der Waals surface area (Å²) in [6.45, 7) is 4.00. The molecule has 0 aliphatic heterocycles. The number of fused-ring (bicyclic) bond motifs is 1. The zero-order valence-corrected chi connectivity index (χ0v) is 13.6. The van der Waals surface area contributed by atoms with Crippen LogP contribution in [-0.2, 0) is 6.42 Å². The lowest BCUT2D eigenvalue weighted by molar-refractivity contribution is 0.111. The summed E-state index contributed by atoms with van der Waals surface area (Å²) in [5.74, 6) is 0. The molecule has 3 nitrogen and oxygen atoms in total. The standard InChI is InChI=1S/C15H13BrN2OS/c1-3-13-14(10-4-6-11(16)7-5-10)18-12(8-19)9(2)17-15(18)20-13/h4-8H,3H2,1-2H3. The van der Waals surface area contributed by atoms with Crippen LogP contribution in [0.4, 0.5) is 0 Å². The van der Waals surface area contributed by atoms with E-state index in [1.165, 1.54) is 4.88 Å². The zero-order chi connectivity index (χ0) is 14.3. The maximum absolute atomic E-state index is 11.4. The number of hydrogen-bond acceptors (Lipinski definition) is 3. The Bertz CT molecular complexity index is 786. The second-order valence-corrected chi connectivity index (χ2v) is 6.53. The van der Waals surface area contributed by atoms with E-state index in [4.69, 9.17) is 0 Å². The third-order valence-electron chi connectivity index (χ3n) is 3.32. The summed E-state index contributed by atoms with van der Waals surface area (Å²) in [4.78, 5) is 18.0. The minimum absolute atomic E-state index is 0.647. The number of aromatic nitrogens is 2. The number of nitrogens with zero attached hydrogens (tertiary/aromatic N) is 2. The third kappa shape index (κ3) is 2.01. The molecular formula is C15H13BrN2OS. The Hall–Kier alpha value is -1.46. The average Bonchev–Trinajstić information content (AvgIpc) is 2.93. The van der Waals surface area contributed by atoms with Crippen molar-refractivity contribution in [2.24, 2.45) is 0 Å². The Morgan fingerprint density at radius 2 is 2.05 bits per heavy atom. The van der Waals surface area contributed by atoms with Crippen molar-refractivity contribution in [2.75, 3.05) is 0 Å². The maximum atomic E-state index is 11.4. The maximum Gasteiger partial charge on any atom is 0.195 e. The van der Waals surface area contributed by atoms with Gasteiger partial charge in [0.05, 0.1) is 11.4 Å². The number of carbonyl (C=O) groups is 1. The summed E-state index contributed by atoms with van der Waals surface area (Å²) in [5, 5.41) is 0. The highest BCUT2D eigenvalue weighted by molar-refractivity contribution is 9.10. The first-order chi connectivity index (χ1) is 9.65. The van der Waals surface area contributed by atoms with Crippen molar-refractivity contribution in [3.05, 3.63) is 45.0 Å². The lowest BCUT2D eigenvalue weighted by atomic mass is 10.1. The molecule has 0 amide bonds. The molecule has 1 aromatic carbocycles. The highest BCUT2D eigenvalue weighted by Gasteiger charge is 2.18. The second kappa shape index (κ2) is 5.14. The van der Waals surface area contributed by atoms with Crippen LogP contribution >= 0.6 is 27.3 Å². The fourth-order valence-electron chi connectivity index (χ4n) is 2.36. The molecule has 0 bridgehead atoms. The normalized spacial score (nSPS) is 11.2. The largest absolute Gasteiger partial charge is 0.296 e. The van der Waals surface area contributed by atoms with Crippen LogP contribution in [0, 0.1) is 6.92 Å². The lowest BCUT2D eigenvalue weighted by Gasteiger charge is -2.05. The van der Waals surface area contributed by atoms with E-state index in [1.807, 2.05) is 23.5 Å². The predicted octanol–water partition coefficient (Wildman–Crippen LogP) is 4.51. The molecule has 3 rings (SSSR count). The smallest absolute Gasteiger partial charge is 0.195 e. The summed E-state index contributed by atoms with van der Waals surface area (Å²) in [5.41, 5.74) is 3.63. The number of imidazole rings is 1. The molecule has 0 saturated carbocycles. The van der Waals surface area contributed by atoms with Gasteiger partial charge in [-0.15, -0.1) is 11.3 Å². The van der Waals surface area contributed by atoms with Crippen LogP contribution in [0.1, 0.15) is 28.0 Å². The van der Waals surface area contributed by atoms with Crippen molar-refractivity contribution >= 4 is 38.5 Å².